The van der Waals surface area contributed by atoms with Crippen LogP contribution >= 0.6 is 15.9 Å². The number of carbonyl (C=O) groups is 1. The van der Waals surface area contributed by atoms with Gasteiger partial charge in [0.25, 0.3) is 6.47 Å². The van der Waals surface area contributed by atoms with Crippen molar-refractivity contribution in [2.24, 2.45) is 5.92 Å². The Morgan fingerprint density at radius 2 is 1.63 bits per heavy atom. The third-order valence-electron chi connectivity index (χ3n) is 3.18. The minimum absolute atomic E-state index is 0.318. The lowest BCUT2D eigenvalue weighted by Crippen LogP contribution is -2.46. The summed E-state index contributed by atoms with van der Waals surface area (Å²) in [6.07, 6.45) is 2.73. The second-order valence-electron chi connectivity index (χ2n) is 7.08. The highest BCUT2D eigenvalue weighted by Gasteiger charge is 2.26. The van der Waals surface area contributed by atoms with Gasteiger partial charge >= 0.3 is 0 Å². The number of hydrogen-bond donors (Lipinski definition) is 0. The molecule has 0 spiro atoms. The fourth-order valence-electron chi connectivity index (χ4n) is 1.90. The Labute approximate surface area is 127 Å². The number of halogens is 1. The topological polar surface area (TPSA) is 29.5 Å². The predicted octanol–water partition coefficient (Wildman–Crippen LogP) is 3.85. The summed E-state index contributed by atoms with van der Waals surface area (Å²) < 4.78 is 4.55. The molecule has 3 nitrogen and oxygen atoms in total. The summed E-state index contributed by atoms with van der Waals surface area (Å²) in [6, 6.07) is 0. The standard InChI is InChI=1S/C10H20BrN.C5H10O2/c1-10(2,3)12-6-4-9(8-11)5-7-12;1-5(2,3)7-4-6/h9H,4-8H2,1-3H3;4H,1-3H3. The zero-order chi connectivity index (χ0) is 15.1. The molecule has 1 fully saturated rings. The van der Waals surface area contributed by atoms with Gasteiger partial charge in [0.1, 0.15) is 5.60 Å². The van der Waals surface area contributed by atoms with Crippen LogP contribution in [0.1, 0.15) is 54.4 Å². The molecule has 114 valence electrons. The van der Waals surface area contributed by atoms with Gasteiger partial charge in [0.15, 0.2) is 0 Å². The van der Waals surface area contributed by atoms with Gasteiger partial charge < -0.3 is 4.74 Å². The van der Waals surface area contributed by atoms with Gasteiger partial charge in [-0.25, -0.2) is 0 Å². The first kappa shape index (κ1) is 18.9. The van der Waals surface area contributed by atoms with Crippen LogP contribution in [-0.4, -0.2) is 40.9 Å². The molecule has 0 N–H and O–H groups in total. The van der Waals surface area contributed by atoms with Gasteiger partial charge in [-0.05, 0) is 73.4 Å². The van der Waals surface area contributed by atoms with Crippen LogP contribution in [-0.2, 0) is 9.53 Å². The van der Waals surface area contributed by atoms with Crippen molar-refractivity contribution in [3.8, 4) is 0 Å². The highest BCUT2D eigenvalue weighted by molar-refractivity contribution is 9.09. The second kappa shape index (κ2) is 8.25. The van der Waals surface area contributed by atoms with E-state index in [-0.39, 0.29) is 5.60 Å². The Bertz CT molecular complexity index is 248. The van der Waals surface area contributed by atoms with Gasteiger partial charge in [-0.3, -0.25) is 9.69 Å². The van der Waals surface area contributed by atoms with Gasteiger partial charge in [-0.1, -0.05) is 15.9 Å². The minimum Gasteiger partial charge on any atom is -0.462 e. The van der Waals surface area contributed by atoms with E-state index in [1.165, 1.54) is 31.3 Å². The Kier molecular flexibility index (Phi) is 8.21. The van der Waals surface area contributed by atoms with Crippen molar-refractivity contribution in [2.75, 3.05) is 18.4 Å². The molecule has 0 radical (unpaired) electrons. The summed E-state index contributed by atoms with van der Waals surface area (Å²) in [5, 5.41) is 1.19. The lowest BCUT2D eigenvalue weighted by Gasteiger charge is -2.40. The number of alkyl halides is 1. The molecule has 0 aliphatic carbocycles. The summed E-state index contributed by atoms with van der Waals surface area (Å²) in [4.78, 5) is 12.2. The van der Waals surface area contributed by atoms with Crippen LogP contribution in [0.15, 0.2) is 0 Å². The van der Waals surface area contributed by atoms with E-state index in [9.17, 15) is 4.79 Å². The SMILES string of the molecule is CC(C)(C)N1CCC(CBr)CC1.CC(C)(C)OC=O. The van der Waals surface area contributed by atoms with Crippen molar-refractivity contribution in [1.82, 2.24) is 4.90 Å². The average molecular weight is 336 g/mol. The number of rotatable bonds is 2. The first-order valence-electron chi connectivity index (χ1n) is 7.02. The van der Waals surface area contributed by atoms with E-state index >= 15 is 0 Å². The Morgan fingerprint density at radius 3 is 1.84 bits per heavy atom. The summed E-state index contributed by atoms with van der Waals surface area (Å²) in [6.45, 7) is 15.4. The molecule has 0 aromatic carbocycles. The summed E-state index contributed by atoms with van der Waals surface area (Å²) in [7, 11) is 0. The maximum absolute atomic E-state index is 9.60. The molecular formula is C15H30BrNO2. The van der Waals surface area contributed by atoms with Crippen molar-refractivity contribution in [2.45, 2.75) is 65.5 Å². The third-order valence-corrected chi connectivity index (χ3v) is 4.10. The maximum Gasteiger partial charge on any atom is 0.293 e. The number of ether oxygens (including phenoxy) is 1. The minimum atomic E-state index is -0.318. The number of carbonyl (C=O) groups excluding carboxylic acids is 1. The van der Waals surface area contributed by atoms with Crippen molar-refractivity contribution in [3.05, 3.63) is 0 Å². The van der Waals surface area contributed by atoms with Crippen molar-refractivity contribution < 1.29 is 9.53 Å². The zero-order valence-corrected chi connectivity index (χ0v) is 14.9. The fraction of sp³-hybridized carbons (Fsp3) is 0.933. The molecule has 4 heteroatoms. The largest absolute Gasteiger partial charge is 0.462 e. The molecule has 1 saturated heterocycles. The monoisotopic (exact) mass is 335 g/mol. The molecule has 1 aliphatic heterocycles. The van der Waals surface area contributed by atoms with E-state index in [2.05, 4.69) is 46.3 Å². The van der Waals surface area contributed by atoms with Crippen LogP contribution in [0.3, 0.4) is 0 Å². The highest BCUT2D eigenvalue weighted by atomic mass is 79.9. The first-order valence-corrected chi connectivity index (χ1v) is 8.15. The Morgan fingerprint density at radius 1 is 1.16 bits per heavy atom. The number of hydrogen-bond acceptors (Lipinski definition) is 3. The predicted molar refractivity (Wildman–Crippen MR) is 84.7 cm³/mol. The molecule has 0 unspecified atom stereocenters. The first-order chi connectivity index (χ1) is 8.60. The van der Waals surface area contributed by atoms with Crippen LogP contribution < -0.4 is 0 Å². The zero-order valence-electron chi connectivity index (χ0n) is 13.3. The number of piperidine rings is 1. The highest BCUT2D eigenvalue weighted by Crippen LogP contribution is 2.24. The van der Waals surface area contributed by atoms with Crippen molar-refractivity contribution in [1.29, 1.82) is 0 Å². The molecule has 0 bridgehead atoms. The van der Waals surface area contributed by atoms with Crippen LogP contribution in [0.2, 0.25) is 0 Å². The molecule has 1 rings (SSSR count). The number of likely N-dealkylation sites (tertiary alicyclic amines) is 1. The van der Waals surface area contributed by atoms with Crippen LogP contribution in [0.5, 0.6) is 0 Å². The van der Waals surface area contributed by atoms with E-state index < -0.39 is 0 Å². The van der Waals surface area contributed by atoms with E-state index in [4.69, 9.17) is 0 Å². The van der Waals surface area contributed by atoms with Crippen molar-refractivity contribution in [3.63, 3.8) is 0 Å². The molecule has 0 aromatic heterocycles. The molecule has 0 aromatic rings. The van der Waals surface area contributed by atoms with Crippen LogP contribution in [0.25, 0.3) is 0 Å². The third kappa shape index (κ3) is 9.44. The molecule has 0 saturated carbocycles. The normalized spacial score (nSPS) is 18.5. The van der Waals surface area contributed by atoms with Gasteiger partial charge in [-0.2, -0.15) is 0 Å². The molecule has 0 atom stereocenters. The van der Waals surface area contributed by atoms with Gasteiger partial charge in [0.05, 0.1) is 0 Å². The summed E-state index contributed by atoms with van der Waals surface area (Å²) >= 11 is 3.56. The second-order valence-corrected chi connectivity index (χ2v) is 7.73. The molecule has 1 aliphatic rings. The smallest absolute Gasteiger partial charge is 0.293 e. The number of nitrogens with zero attached hydrogens (tertiary/aromatic N) is 1. The molecule has 19 heavy (non-hydrogen) atoms. The molecular weight excluding hydrogens is 306 g/mol. The molecule has 1 heterocycles. The van der Waals surface area contributed by atoms with Gasteiger partial charge in [-0.15, -0.1) is 0 Å². The Balaban J connectivity index is 0.000000399. The van der Waals surface area contributed by atoms with Crippen molar-refractivity contribution >= 4 is 22.4 Å². The molecule has 0 amide bonds. The van der Waals surface area contributed by atoms with E-state index in [1.54, 1.807) is 0 Å². The average Bonchev–Trinajstić information content (AvgIpc) is 2.27. The fourth-order valence-corrected chi connectivity index (χ4v) is 2.55. The van der Waals surface area contributed by atoms with E-state index in [0.717, 1.165) is 5.92 Å². The van der Waals surface area contributed by atoms with E-state index in [1.807, 2.05) is 20.8 Å². The van der Waals surface area contributed by atoms with Gasteiger partial charge in [0.2, 0.25) is 0 Å². The lowest BCUT2D eigenvalue weighted by atomic mass is 9.95. The maximum atomic E-state index is 9.60. The van der Waals surface area contributed by atoms with Crippen LogP contribution in [0.4, 0.5) is 0 Å². The van der Waals surface area contributed by atoms with Crippen LogP contribution in [0, 0.1) is 5.92 Å². The Hall–Kier alpha value is -0.0900. The van der Waals surface area contributed by atoms with E-state index in [0.29, 0.717) is 12.0 Å². The lowest BCUT2D eigenvalue weighted by molar-refractivity contribution is -0.138. The summed E-state index contributed by atoms with van der Waals surface area (Å²) in [5.41, 5.74) is 0.0546. The quantitative estimate of drug-likeness (QED) is 0.567. The van der Waals surface area contributed by atoms with Gasteiger partial charge in [0, 0.05) is 10.9 Å². The summed E-state index contributed by atoms with van der Waals surface area (Å²) in [5.74, 6) is 0.920.